The van der Waals surface area contributed by atoms with Crippen molar-refractivity contribution in [1.29, 1.82) is 0 Å². The molecule has 0 fully saturated rings. The molecule has 126 valence electrons. The van der Waals surface area contributed by atoms with Gasteiger partial charge in [-0.1, -0.05) is 23.2 Å². The second kappa shape index (κ2) is 7.97. The van der Waals surface area contributed by atoms with Gasteiger partial charge in [0.15, 0.2) is 5.65 Å². The van der Waals surface area contributed by atoms with E-state index in [0.717, 1.165) is 41.8 Å². The summed E-state index contributed by atoms with van der Waals surface area (Å²) in [7, 11) is 0. The number of nitrogens with zero attached hydrogens (tertiary/aromatic N) is 2. The van der Waals surface area contributed by atoms with Crippen molar-refractivity contribution in [2.45, 2.75) is 38.2 Å². The minimum atomic E-state index is -0.346. The predicted molar refractivity (Wildman–Crippen MR) is 97.6 cm³/mol. The van der Waals surface area contributed by atoms with Crippen molar-refractivity contribution in [2.24, 2.45) is 0 Å². The summed E-state index contributed by atoms with van der Waals surface area (Å²) in [5.41, 5.74) is 2.75. The maximum Gasteiger partial charge on any atom is 0.177 e. The minimum Gasteiger partial charge on any atom is -0.393 e. The Morgan fingerprint density at radius 1 is 1.08 bits per heavy atom. The zero-order valence-electron chi connectivity index (χ0n) is 13.2. The van der Waals surface area contributed by atoms with Gasteiger partial charge in [-0.15, -0.1) is 0 Å². The average Bonchev–Trinajstić information content (AvgIpc) is 2.95. The number of hydrogen-bond acceptors (Lipinski definition) is 3. The molecule has 0 amide bonds. The molecular formula is C18H19Cl2N3O. The number of pyridine rings is 1. The molecule has 6 heteroatoms. The topological polar surface area (TPSA) is 61.8 Å². The van der Waals surface area contributed by atoms with Crippen LogP contribution in [0, 0.1) is 0 Å². The summed E-state index contributed by atoms with van der Waals surface area (Å²) < 4.78 is 0. The molecule has 3 aromatic rings. The number of H-pyrrole nitrogens is 1. The summed E-state index contributed by atoms with van der Waals surface area (Å²) in [6.07, 6.45) is 5.25. The zero-order chi connectivity index (χ0) is 16.9. The van der Waals surface area contributed by atoms with E-state index in [-0.39, 0.29) is 6.10 Å². The fraction of sp³-hybridized carbons (Fsp3) is 0.333. The van der Waals surface area contributed by atoms with Crippen LogP contribution in [0.15, 0.2) is 36.5 Å². The highest BCUT2D eigenvalue weighted by Gasteiger charge is 2.08. The molecule has 2 heterocycles. The van der Waals surface area contributed by atoms with Crippen molar-refractivity contribution in [3.8, 4) is 0 Å². The van der Waals surface area contributed by atoms with Crippen LogP contribution in [0.25, 0.3) is 11.2 Å². The number of aromatic nitrogens is 3. The number of hydrogen-bond donors (Lipinski definition) is 2. The Morgan fingerprint density at radius 2 is 1.88 bits per heavy atom. The van der Waals surface area contributed by atoms with Gasteiger partial charge in [0.2, 0.25) is 0 Å². The van der Waals surface area contributed by atoms with Gasteiger partial charge in [-0.3, -0.25) is 0 Å². The van der Waals surface area contributed by atoms with Crippen LogP contribution in [0.5, 0.6) is 0 Å². The van der Waals surface area contributed by atoms with Crippen molar-refractivity contribution >= 4 is 34.4 Å². The number of aromatic amines is 1. The monoisotopic (exact) mass is 363 g/mol. The van der Waals surface area contributed by atoms with Crippen molar-refractivity contribution in [2.75, 3.05) is 0 Å². The van der Waals surface area contributed by atoms with Gasteiger partial charge in [-0.05, 0) is 61.6 Å². The zero-order valence-corrected chi connectivity index (χ0v) is 14.7. The highest BCUT2D eigenvalue weighted by Crippen LogP contribution is 2.21. The first kappa shape index (κ1) is 17.2. The Balaban J connectivity index is 1.44. The molecule has 4 nitrogen and oxygen atoms in total. The molecule has 2 N–H and O–H groups in total. The van der Waals surface area contributed by atoms with E-state index in [1.807, 2.05) is 24.3 Å². The third-order valence-electron chi connectivity index (χ3n) is 3.95. The molecule has 2 aromatic heterocycles. The van der Waals surface area contributed by atoms with Crippen LogP contribution in [0.3, 0.4) is 0 Å². The molecular weight excluding hydrogens is 345 g/mol. The third-order valence-corrected chi connectivity index (χ3v) is 4.38. The Kier molecular flexibility index (Phi) is 5.72. The fourth-order valence-corrected chi connectivity index (χ4v) is 3.33. The lowest BCUT2D eigenvalue weighted by molar-refractivity contribution is 0.152. The van der Waals surface area contributed by atoms with Crippen LogP contribution < -0.4 is 0 Å². The summed E-state index contributed by atoms with van der Waals surface area (Å²) in [5, 5.41) is 11.5. The minimum absolute atomic E-state index is 0.346. The number of aryl methyl sites for hydroxylation is 2. The Morgan fingerprint density at radius 3 is 2.62 bits per heavy atom. The summed E-state index contributed by atoms with van der Waals surface area (Å²) in [6, 6.07) is 9.39. The second-order valence-corrected chi connectivity index (χ2v) is 6.79. The van der Waals surface area contributed by atoms with Crippen LogP contribution in [0.4, 0.5) is 0 Å². The largest absolute Gasteiger partial charge is 0.393 e. The molecule has 0 bridgehead atoms. The number of benzene rings is 1. The number of halogens is 2. The van der Waals surface area contributed by atoms with Gasteiger partial charge >= 0.3 is 0 Å². The molecule has 1 unspecified atom stereocenters. The average molecular weight is 364 g/mol. The second-order valence-electron chi connectivity index (χ2n) is 5.92. The number of aliphatic hydroxyl groups is 1. The molecule has 0 saturated heterocycles. The van der Waals surface area contributed by atoms with Gasteiger partial charge in [0.25, 0.3) is 0 Å². The molecule has 24 heavy (non-hydrogen) atoms. The standard InChI is InChI=1S/C18H19Cl2N3O/c19-13-9-12(10-14(20)11-13)3-1-4-15(24)6-7-17-22-16-5-2-8-21-18(16)23-17/h2,5,8-11,15,24H,1,3-4,6-7H2,(H,21,22,23). The van der Waals surface area contributed by atoms with Crippen molar-refractivity contribution < 1.29 is 5.11 Å². The Labute approximate surface area is 150 Å². The van der Waals surface area contributed by atoms with Gasteiger partial charge in [0.1, 0.15) is 5.82 Å². The first-order valence-electron chi connectivity index (χ1n) is 8.03. The van der Waals surface area contributed by atoms with E-state index in [1.54, 1.807) is 12.3 Å². The van der Waals surface area contributed by atoms with Crippen LogP contribution in [0.1, 0.15) is 30.7 Å². The first-order chi connectivity index (χ1) is 11.6. The maximum atomic E-state index is 10.2. The van der Waals surface area contributed by atoms with E-state index in [4.69, 9.17) is 23.2 Å². The maximum absolute atomic E-state index is 10.2. The third kappa shape index (κ3) is 4.69. The van der Waals surface area contributed by atoms with Crippen LogP contribution in [-0.2, 0) is 12.8 Å². The number of rotatable bonds is 7. The fourth-order valence-electron chi connectivity index (χ4n) is 2.76. The van der Waals surface area contributed by atoms with Crippen LogP contribution in [0.2, 0.25) is 10.0 Å². The smallest absolute Gasteiger partial charge is 0.177 e. The molecule has 0 aliphatic carbocycles. The lowest BCUT2D eigenvalue weighted by atomic mass is 10.0. The number of fused-ring (bicyclic) bond motifs is 1. The lowest BCUT2D eigenvalue weighted by Crippen LogP contribution is -2.09. The Hall–Kier alpha value is -1.62. The van der Waals surface area contributed by atoms with Crippen molar-refractivity contribution in [1.82, 2.24) is 15.0 Å². The predicted octanol–water partition coefficient (Wildman–Crippen LogP) is 4.58. The van der Waals surface area contributed by atoms with Gasteiger partial charge < -0.3 is 10.1 Å². The highest BCUT2D eigenvalue weighted by molar-refractivity contribution is 6.34. The van der Waals surface area contributed by atoms with Gasteiger partial charge in [-0.25, -0.2) is 9.97 Å². The molecule has 3 rings (SSSR count). The van der Waals surface area contributed by atoms with E-state index in [9.17, 15) is 5.11 Å². The van der Waals surface area contributed by atoms with Gasteiger partial charge in [0, 0.05) is 22.7 Å². The summed E-state index contributed by atoms with van der Waals surface area (Å²) >= 11 is 12.0. The van der Waals surface area contributed by atoms with Gasteiger partial charge in [0.05, 0.1) is 11.6 Å². The first-order valence-corrected chi connectivity index (χ1v) is 8.78. The van der Waals surface area contributed by atoms with Crippen molar-refractivity contribution in [3.63, 3.8) is 0 Å². The number of nitrogens with one attached hydrogen (secondary N) is 1. The summed E-state index contributed by atoms with van der Waals surface area (Å²) in [4.78, 5) is 11.9. The van der Waals surface area contributed by atoms with E-state index in [2.05, 4.69) is 15.0 Å². The van der Waals surface area contributed by atoms with Crippen LogP contribution >= 0.6 is 23.2 Å². The molecule has 0 spiro atoms. The molecule has 0 radical (unpaired) electrons. The Bertz CT molecular complexity index is 766. The molecule has 0 aliphatic rings. The molecule has 0 aliphatic heterocycles. The quantitative estimate of drug-likeness (QED) is 0.645. The van der Waals surface area contributed by atoms with E-state index in [0.29, 0.717) is 22.9 Å². The van der Waals surface area contributed by atoms with Crippen molar-refractivity contribution in [3.05, 3.63) is 58.0 Å². The molecule has 1 atom stereocenters. The van der Waals surface area contributed by atoms with E-state index < -0.39 is 0 Å². The van der Waals surface area contributed by atoms with E-state index >= 15 is 0 Å². The number of imidazole rings is 1. The lowest BCUT2D eigenvalue weighted by Gasteiger charge is -2.09. The highest BCUT2D eigenvalue weighted by atomic mass is 35.5. The van der Waals surface area contributed by atoms with Crippen LogP contribution in [-0.4, -0.2) is 26.2 Å². The SMILES string of the molecule is OC(CCCc1cc(Cl)cc(Cl)c1)CCc1nc2ncccc2[nH]1. The summed E-state index contributed by atoms with van der Waals surface area (Å²) in [6.45, 7) is 0. The molecule has 0 saturated carbocycles. The number of aliphatic hydroxyl groups excluding tert-OH is 1. The normalized spacial score (nSPS) is 12.6. The summed E-state index contributed by atoms with van der Waals surface area (Å²) in [5.74, 6) is 0.865. The van der Waals surface area contributed by atoms with Gasteiger partial charge in [-0.2, -0.15) is 0 Å². The van der Waals surface area contributed by atoms with E-state index in [1.165, 1.54) is 0 Å². The molecule has 1 aromatic carbocycles.